The first-order valence-electron chi connectivity index (χ1n) is 6.25. The molecule has 1 saturated heterocycles. The molecular formula is C12H19ClN4O. The lowest BCUT2D eigenvalue weighted by molar-refractivity contribution is 0.0350. The standard InChI is InChI=1S/C12H19ClN4O/c1-3-14-11-15-8-9(13)10(16-11)17-6-4-12(2,18)5-7-17/h8,18H,3-7H2,1-2H3,(H,14,15,16). The van der Waals surface area contributed by atoms with Gasteiger partial charge in [0.25, 0.3) is 0 Å². The molecule has 1 aromatic rings. The van der Waals surface area contributed by atoms with Crippen LogP contribution >= 0.6 is 11.6 Å². The number of piperidine rings is 1. The van der Waals surface area contributed by atoms with Gasteiger partial charge in [-0.25, -0.2) is 4.98 Å². The van der Waals surface area contributed by atoms with E-state index in [0.717, 1.165) is 38.3 Å². The number of hydrogen-bond donors (Lipinski definition) is 2. The van der Waals surface area contributed by atoms with E-state index in [2.05, 4.69) is 20.2 Å². The maximum absolute atomic E-state index is 9.94. The first-order valence-corrected chi connectivity index (χ1v) is 6.63. The van der Waals surface area contributed by atoms with E-state index >= 15 is 0 Å². The summed E-state index contributed by atoms with van der Waals surface area (Å²) in [6, 6.07) is 0. The molecule has 1 aromatic heterocycles. The van der Waals surface area contributed by atoms with Gasteiger partial charge in [-0.2, -0.15) is 4.98 Å². The number of halogens is 1. The molecule has 18 heavy (non-hydrogen) atoms. The van der Waals surface area contributed by atoms with Crippen LogP contribution in [0.25, 0.3) is 0 Å². The van der Waals surface area contributed by atoms with Gasteiger partial charge < -0.3 is 15.3 Å². The fourth-order valence-corrected chi connectivity index (χ4v) is 2.23. The number of aliphatic hydroxyl groups is 1. The van der Waals surface area contributed by atoms with Crippen LogP contribution in [0, 0.1) is 0 Å². The van der Waals surface area contributed by atoms with Gasteiger partial charge in [0.15, 0.2) is 5.82 Å². The summed E-state index contributed by atoms with van der Waals surface area (Å²) in [5, 5.41) is 13.6. The van der Waals surface area contributed by atoms with Crippen LogP contribution < -0.4 is 10.2 Å². The summed E-state index contributed by atoms with van der Waals surface area (Å²) in [6.07, 6.45) is 3.07. The zero-order chi connectivity index (χ0) is 13.2. The van der Waals surface area contributed by atoms with E-state index in [9.17, 15) is 5.11 Å². The first-order chi connectivity index (χ1) is 8.52. The van der Waals surface area contributed by atoms with Crippen LogP contribution in [0.3, 0.4) is 0 Å². The second kappa shape index (κ2) is 5.28. The normalized spacial score (nSPS) is 18.8. The van der Waals surface area contributed by atoms with Crippen molar-refractivity contribution in [2.24, 2.45) is 0 Å². The van der Waals surface area contributed by atoms with Gasteiger partial charge in [-0.05, 0) is 26.7 Å². The van der Waals surface area contributed by atoms with Crippen molar-refractivity contribution in [3.05, 3.63) is 11.2 Å². The van der Waals surface area contributed by atoms with Crippen molar-refractivity contribution in [1.82, 2.24) is 9.97 Å². The molecule has 0 amide bonds. The zero-order valence-corrected chi connectivity index (χ0v) is 11.5. The molecule has 2 rings (SSSR count). The van der Waals surface area contributed by atoms with Crippen LogP contribution in [-0.4, -0.2) is 40.3 Å². The fourth-order valence-electron chi connectivity index (χ4n) is 2.02. The molecule has 5 nitrogen and oxygen atoms in total. The second-order valence-electron chi connectivity index (χ2n) is 4.88. The minimum atomic E-state index is -0.569. The molecule has 0 unspecified atom stereocenters. The Bertz CT molecular complexity index is 415. The Kier molecular flexibility index (Phi) is 3.92. The van der Waals surface area contributed by atoms with E-state index in [1.54, 1.807) is 6.20 Å². The number of hydrogen-bond acceptors (Lipinski definition) is 5. The van der Waals surface area contributed by atoms with E-state index < -0.39 is 5.60 Å². The van der Waals surface area contributed by atoms with Crippen LogP contribution in [0.5, 0.6) is 0 Å². The Morgan fingerprint density at radius 2 is 2.17 bits per heavy atom. The quantitative estimate of drug-likeness (QED) is 0.879. The van der Waals surface area contributed by atoms with E-state index in [1.807, 2.05) is 13.8 Å². The lowest BCUT2D eigenvalue weighted by atomic mass is 9.94. The number of anilines is 2. The predicted octanol–water partition coefficient (Wildman–Crippen LogP) is 1.91. The van der Waals surface area contributed by atoms with Gasteiger partial charge in [-0.15, -0.1) is 0 Å². The molecule has 6 heteroatoms. The van der Waals surface area contributed by atoms with Crippen LogP contribution in [0.4, 0.5) is 11.8 Å². The Morgan fingerprint density at radius 1 is 1.50 bits per heavy atom. The van der Waals surface area contributed by atoms with Gasteiger partial charge in [0.1, 0.15) is 5.02 Å². The number of aromatic nitrogens is 2. The summed E-state index contributed by atoms with van der Waals surface area (Å²) in [6.45, 7) is 6.16. The van der Waals surface area contributed by atoms with Gasteiger partial charge in [-0.1, -0.05) is 11.6 Å². The number of nitrogens with zero attached hydrogens (tertiary/aromatic N) is 3. The zero-order valence-electron chi connectivity index (χ0n) is 10.8. The van der Waals surface area contributed by atoms with Crippen molar-refractivity contribution in [2.75, 3.05) is 29.9 Å². The van der Waals surface area contributed by atoms with Crippen molar-refractivity contribution < 1.29 is 5.11 Å². The molecule has 0 aliphatic carbocycles. The fraction of sp³-hybridized carbons (Fsp3) is 0.667. The highest BCUT2D eigenvalue weighted by Crippen LogP contribution is 2.29. The molecule has 0 atom stereocenters. The maximum Gasteiger partial charge on any atom is 0.224 e. The average molecular weight is 271 g/mol. The molecule has 0 spiro atoms. The lowest BCUT2D eigenvalue weighted by Crippen LogP contribution is -2.43. The molecule has 0 bridgehead atoms. The van der Waals surface area contributed by atoms with Crippen molar-refractivity contribution in [3.8, 4) is 0 Å². The van der Waals surface area contributed by atoms with Crippen molar-refractivity contribution in [1.29, 1.82) is 0 Å². The van der Waals surface area contributed by atoms with Gasteiger partial charge in [0.2, 0.25) is 5.95 Å². The monoisotopic (exact) mass is 270 g/mol. The first kappa shape index (κ1) is 13.4. The Hall–Kier alpha value is -1.07. The minimum Gasteiger partial charge on any atom is -0.390 e. The topological polar surface area (TPSA) is 61.3 Å². The summed E-state index contributed by atoms with van der Waals surface area (Å²) in [5.41, 5.74) is -0.569. The summed E-state index contributed by atoms with van der Waals surface area (Å²) in [5.74, 6) is 1.34. The van der Waals surface area contributed by atoms with E-state index in [-0.39, 0.29) is 0 Å². The SMILES string of the molecule is CCNc1ncc(Cl)c(N2CCC(C)(O)CC2)n1. The van der Waals surface area contributed by atoms with E-state index in [0.29, 0.717) is 11.0 Å². The van der Waals surface area contributed by atoms with Crippen molar-refractivity contribution in [2.45, 2.75) is 32.3 Å². The smallest absolute Gasteiger partial charge is 0.224 e. The molecule has 2 N–H and O–H groups in total. The highest BCUT2D eigenvalue weighted by atomic mass is 35.5. The van der Waals surface area contributed by atoms with Crippen LogP contribution in [0.15, 0.2) is 6.20 Å². The van der Waals surface area contributed by atoms with Crippen LogP contribution in [0.2, 0.25) is 5.02 Å². The predicted molar refractivity (Wildman–Crippen MR) is 73.3 cm³/mol. The van der Waals surface area contributed by atoms with Crippen LogP contribution in [-0.2, 0) is 0 Å². The molecule has 2 heterocycles. The Balaban J connectivity index is 2.15. The van der Waals surface area contributed by atoms with Crippen molar-refractivity contribution in [3.63, 3.8) is 0 Å². The van der Waals surface area contributed by atoms with Gasteiger partial charge in [0.05, 0.1) is 11.8 Å². The molecule has 0 saturated carbocycles. The van der Waals surface area contributed by atoms with E-state index in [4.69, 9.17) is 11.6 Å². The van der Waals surface area contributed by atoms with Gasteiger partial charge in [-0.3, -0.25) is 0 Å². The summed E-state index contributed by atoms with van der Waals surface area (Å²) in [7, 11) is 0. The third-order valence-corrected chi connectivity index (χ3v) is 3.47. The molecule has 0 radical (unpaired) electrons. The number of rotatable bonds is 3. The largest absolute Gasteiger partial charge is 0.390 e. The summed E-state index contributed by atoms with van der Waals surface area (Å²) in [4.78, 5) is 10.6. The van der Waals surface area contributed by atoms with E-state index in [1.165, 1.54) is 0 Å². The Labute approximate surface area is 112 Å². The molecular weight excluding hydrogens is 252 g/mol. The van der Waals surface area contributed by atoms with Crippen molar-refractivity contribution >= 4 is 23.4 Å². The highest BCUT2D eigenvalue weighted by Gasteiger charge is 2.28. The van der Waals surface area contributed by atoms with Gasteiger partial charge >= 0.3 is 0 Å². The molecule has 1 aliphatic rings. The van der Waals surface area contributed by atoms with Crippen LogP contribution in [0.1, 0.15) is 26.7 Å². The average Bonchev–Trinajstić information content (AvgIpc) is 2.32. The highest BCUT2D eigenvalue weighted by molar-refractivity contribution is 6.32. The van der Waals surface area contributed by atoms with Gasteiger partial charge in [0, 0.05) is 19.6 Å². The second-order valence-corrected chi connectivity index (χ2v) is 5.29. The lowest BCUT2D eigenvalue weighted by Gasteiger charge is -2.36. The maximum atomic E-state index is 9.94. The summed E-state index contributed by atoms with van der Waals surface area (Å²) >= 11 is 6.14. The molecule has 1 aliphatic heterocycles. The summed E-state index contributed by atoms with van der Waals surface area (Å²) < 4.78 is 0. The third kappa shape index (κ3) is 3.03. The molecule has 100 valence electrons. The number of nitrogens with one attached hydrogen (secondary N) is 1. The molecule has 1 fully saturated rings. The minimum absolute atomic E-state index is 0.554. The molecule has 0 aromatic carbocycles. The third-order valence-electron chi connectivity index (χ3n) is 3.20. The Morgan fingerprint density at radius 3 is 2.78 bits per heavy atom.